The van der Waals surface area contributed by atoms with Crippen molar-refractivity contribution in [3.05, 3.63) is 34.9 Å². The first-order valence-electron chi connectivity index (χ1n) is 5.80. The van der Waals surface area contributed by atoms with Crippen LogP contribution in [0.4, 0.5) is 5.69 Å². The highest BCUT2D eigenvalue weighted by molar-refractivity contribution is 9.10. The molecule has 2 rings (SSSR count). The highest BCUT2D eigenvalue weighted by Crippen LogP contribution is 2.23. The molecule has 0 atom stereocenters. The van der Waals surface area contributed by atoms with Gasteiger partial charge in [-0.25, -0.2) is 0 Å². The largest absolute Gasteiger partial charge is 0.362 e. The fourth-order valence-electron chi connectivity index (χ4n) is 1.64. The van der Waals surface area contributed by atoms with E-state index in [1.807, 2.05) is 24.3 Å². The molecule has 0 fully saturated rings. The average Bonchev–Trinajstić information content (AvgIpc) is 2.36. The van der Waals surface area contributed by atoms with Crippen LogP contribution in [-0.4, -0.2) is 16.6 Å². The summed E-state index contributed by atoms with van der Waals surface area (Å²) in [6.07, 6.45) is 2.83. The van der Waals surface area contributed by atoms with E-state index in [1.54, 1.807) is 6.20 Å². The maximum atomic E-state index is 5.23. The number of nitrogens with zero attached hydrogens (tertiary/aromatic N) is 1. The number of hydrogen-bond acceptors (Lipinski definition) is 2. The number of fused-ring (bicyclic) bond motifs is 1. The Bertz CT molecular complexity index is 571. The molecule has 0 spiro atoms. The third-order valence-corrected chi connectivity index (χ3v) is 3.14. The highest BCUT2D eigenvalue weighted by atomic mass is 79.9. The molecule has 0 saturated carbocycles. The van der Waals surface area contributed by atoms with Crippen molar-refractivity contribution in [2.45, 2.75) is 13.3 Å². The number of rotatable bonds is 3. The fourth-order valence-corrected chi connectivity index (χ4v) is 2.20. The van der Waals surface area contributed by atoms with Gasteiger partial charge in [0.1, 0.15) is 0 Å². The summed E-state index contributed by atoms with van der Waals surface area (Å²) in [5, 5.41) is 8.03. The van der Waals surface area contributed by atoms with E-state index in [1.165, 1.54) is 0 Å². The quantitative estimate of drug-likeness (QED) is 0.845. The number of halogens is 1. The Hall–Kier alpha value is -1.20. The van der Waals surface area contributed by atoms with E-state index < -0.39 is 0 Å². The number of benzene rings is 1. The molecule has 1 heterocycles. The third kappa shape index (κ3) is 3.17. The lowest BCUT2D eigenvalue weighted by atomic mass is 10.2. The zero-order valence-corrected chi connectivity index (χ0v) is 12.4. The van der Waals surface area contributed by atoms with E-state index in [-0.39, 0.29) is 0 Å². The lowest BCUT2D eigenvalue weighted by Gasteiger charge is -2.11. The Kier molecular flexibility index (Phi) is 4.49. The van der Waals surface area contributed by atoms with Gasteiger partial charge in [0.15, 0.2) is 5.11 Å². The molecule has 0 bridgehead atoms. The van der Waals surface area contributed by atoms with E-state index >= 15 is 0 Å². The van der Waals surface area contributed by atoms with Crippen molar-refractivity contribution in [1.29, 1.82) is 0 Å². The van der Waals surface area contributed by atoms with Crippen LogP contribution in [0.25, 0.3) is 10.9 Å². The van der Waals surface area contributed by atoms with Gasteiger partial charge in [-0.2, -0.15) is 0 Å². The number of anilines is 1. The van der Waals surface area contributed by atoms with Crippen LogP contribution in [0.2, 0.25) is 0 Å². The van der Waals surface area contributed by atoms with Gasteiger partial charge in [0, 0.05) is 22.6 Å². The molecule has 0 amide bonds. The molecule has 2 N–H and O–H groups in total. The zero-order chi connectivity index (χ0) is 13.0. The minimum Gasteiger partial charge on any atom is -0.362 e. The molecular weight excluding hydrogens is 310 g/mol. The Balaban J connectivity index is 2.25. The van der Waals surface area contributed by atoms with Gasteiger partial charge in [-0.3, -0.25) is 4.98 Å². The minimum absolute atomic E-state index is 0.633. The SMILES string of the molecule is CCCNC(=S)Nc1cccc2cc(Br)cnc12. The van der Waals surface area contributed by atoms with Crippen molar-refractivity contribution in [2.75, 3.05) is 11.9 Å². The second-order valence-corrected chi connectivity index (χ2v) is 5.24. The van der Waals surface area contributed by atoms with Crippen molar-refractivity contribution in [3.63, 3.8) is 0 Å². The Morgan fingerprint density at radius 2 is 2.28 bits per heavy atom. The fraction of sp³-hybridized carbons (Fsp3) is 0.231. The number of aromatic nitrogens is 1. The van der Waals surface area contributed by atoms with Gasteiger partial charge in [-0.1, -0.05) is 19.1 Å². The monoisotopic (exact) mass is 323 g/mol. The number of para-hydroxylation sites is 1. The molecule has 0 radical (unpaired) electrons. The van der Waals surface area contributed by atoms with Gasteiger partial charge in [0.2, 0.25) is 0 Å². The van der Waals surface area contributed by atoms with Crippen LogP contribution in [0, 0.1) is 0 Å². The topological polar surface area (TPSA) is 37.0 Å². The normalized spacial score (nSPS) is 10.3. The van der Waals surface area contributed by atoms with Crippen LogP contribution in [0.1, 0.15) is 13.3 Å². The second kappa shape index (κ2) is 6.11. The van der Waals surface area contributed by atoms with E-state index in [4.69, 9.17) is 12.2 Å². The van der Waals surface area contributed by atoms with Crippen LogP contribution in [0.5, 0.6) is 0 Å². The van der Waals surface area contributed by atoms with Crippen LogP contribution < -0.4 is 10.6 Å². The maximum absolute atomic E-state index is 5.23. The molecule has 3 nitrogen and oxygen atoms in total. The van der Waals surface area contributed by atoms with Gasteiger partial charge in [-0.05, 0) is 46.7 Å². The molecule has 0 aliphatic carbocycles. The minimum atomic E-state index is 0.633. The van der Waals surface area contributed by atoms with Crippen molar-refractivity contribution < 1.29 is 0 Å². The standard InChI is InChI=1S/C13H14BrN3S/c1-2-6-15-13(18)17-11-5-3-4-9-7-10(14)8-16-12(9)11/h3-5,7-8H,2,6H2,1H3,(H2,15,17,18). The summed E-state index contributed by atoms with van der Waals surface area (Å²) < 4.78 is 0.971. The molecule has 2 aromatic rings. The van der Waals surface area contributed by atoms with Crippen LogP contribution in [-0.2, 0) is 0 Å². The molecule has 0 aliphatic rings. The van der Waals surface area contributed by atoms with Gasteiger partial charge in [0.05, 0.1) is 11.2 Å². The molecule has 0 saturated heterocycles. The maximum Gasteiger partial charge on any atom is 0.170 e. The van der Waals surface area contributed by atoms with E-state index in [2.05, 4.69) is 38.5 Å². The van der Waals surface area contributed by atoms with E-state index in [9.17, 15) is 0 Å². The summed E-state index contributed by atoms with van der Waals surface area (Å²) in [5.41, 5.74) is 1.84. The lowest BCUT2D eigenvalue weighted by Crippen LogP contribution is -2.29. The molecule has 94 valence electrons. The molecular formula is C13H14BrN3S. The molecule has 0 unspecified atom stereocenters. The zero-order valence-electron chi connectivity index (χ0n) is 10.0. The Morgan fingerprint density at radius 1 is 1.44 bits per heavy atom. The molecule has 18 heavy (non-hydrogen) atoms. The van der Waals surface area contributed by atoms with Crippen molar-refractivity contribution in [1.82, 2.24) is 10.3 Å². The highest BCUT2D eigenvalue weighted by Gasteiger charge is 2.04. The Morgan fingerprint density at radius 3 is 3.06 bits per heavy atom. The molecule has 0 aliphatic heterocycles. The first kappa shape index (κ1) is 13.2. The van der Waals surface area contributed by atoms with Gasteiger partial charge in [-0.15, -0.1) is 0 Å². The predicted octanol–water partition coefficient (Wildman–Crippen LogP) is 3.69. The Labute approximate surface area is 120 Å². The van der Waals surface area contributed by atoms with Crippen molar-refractivity contribution in [2.24, 2.45) is 0 Å². The summed E-state index contributed by atoms with van der Waals surface area (Å²) in [4.78, 5) is 4.42. The van der Waals surface area contributed by atoms with E-state index in [0.717, 1.165) is 34.0 Å². The molecule has 5 heteroatoms. The predicted molar refractivity (Wildman–Crippen MR) is 84.0 cm³/mol. The van der Waals surface area contributed by atoms with Crippen LogP contribution in [0.3, 0.4) is 0 Å². The van der Waals surface area contributed by atoms with Crippen LogP contribution >= 0.6 is 28.1 Å². The first-order chi connectivity index (χ1) is 8.70. The van der Waals surface area contributed by atoms with Crippen LogP contribution in [0.15, 0.2) is 34.9 Å². The molecule has 1 aromatic heterocycles. The number of hydrogen-bond donors (Lipinski definition) is 2. The summed E-state index contributed by atoms with van der Waals surface area (Å²) in [7, 11) is 0. The van der Waals surface area contributed by atoms with Gasteiger partial charge in [0.25, 0.3) is 0 Å². The van der Waals surface area contributed by atoms with Crippen molar-refractivity contribution in [3.8, 4) is 0 Å². The number of thiocarbonyl (C=S) groups is 1. The number of pyridine rings is 1. The lowest BCUT2D eigenvalue weighted by molar-refractivity contribution is 0.846. The summed E-state index contributed by atoms with van der Waals surface area (Å²) in [5.74, 6) is 0. The number of nitrogens with one attached hydrogen (secondary N) is 2. The van der Waals surface area contributed by atoms with Gasteiger partial charge >= 0.3 is 0 Å². The first-order valence-corrected chi connectivity index (χ1v) is 7.00. The third-order valence-electron chi connectivity index (χ3n) is 2.46. The second-order valence-electron chi connectivity index (χ2n) is 3.91. The summed E-state index contributed by atoms with van der Waals surface area (Å²) >= 11 is 8.65. The summed E-state index contributed by atoms with van der Waals surface area (Å²) in [6.45, 7) is 2.97. The van der Waals surface area contributed by atoms with E-state index in [0.29, 0.717) is 5.11 Å². The average molecular weight is 324 g/mol. The molecule has 1 aromatic carbocycles. The smallest absolute Gasteiger partial charge is 0.170 e. The van der Waals surface area contributed by atoms with Crippen molar-refractivity contribution >= 4 is 49.9 Å². The van der Waals surface area contributed by atoms with Gasteiger partial charge < -0.3 is 10.6 Å². The summed E-state index contributed by atoms with van der Waals surface area (Å²) in [6, 6.07) is 8.03.